The largest absolute Gasteiger partial charge is 0.379 e. The third-order valence-electron chi connectivity index (χ3n) is 5.59. The summed E-state index contributed by atoms with van der Waals surface area (Å²) in [6.07, 6.45) is 4.60. The number of carbonyl (C=O) groups excluding carboxylic acids is 1. The third kappa shape index (κ3) is 6.28. The predicted molar refractivity (Wildman–Crippen MR) is 125 cm³/mol. The van der Waals surface area contributed by atoms with Crippen molar-refractivity contribution in [1.82, 2.24) is 19.4 Å². The van der Waals surface area contributed by atoms with Crippen molar-refractivity contribution in [1.29, 1.82) is 0 Å². The van der Waals surface area contributed by atoms with Crippen molar-refractivity contribution in [3.05, 3.63) is 83.7 Å². The maximum absolute atomic E-state index is 12.8. The first-order chi connectivity index (χ1) is 16.0. The van der Waals surface area contributed by atoms with Gasteiger partial charge in [0.05, 0.1) is 30.9 Å². The summed E-state index contributed by atoms with van der Waals surface area (Å²) in [5.74, 6) is -0.175. The highest BCUT2D eigenvalue weighted by Gasteiger charge is 2.25. The maximum Gasteiger partial charge on any atom is 0.220 e. The second kappa shape index (κ2) is 10.7. The minimum absolute atomic E-state index is 0.0856. The Kier molecular flexibility index (Phi) is 7.54. The quantitative estimate of drug-likeness (QED) is 0.520. The molecule has 3 aromatic rings. The number of ether oxygens (including phenoxy) is 1. The summed E-state index contributed by atoms with van der Waals surface area (Å²) in [4.78, 5) is 12.4. The molecule has 1 aromatic heterocycles. The van der Waals surface area contributed by atoms with Gasteiger partial charge in [-0.3, -0.25) is 4.79 Å². The Morgan fingerprint density at radius 3 is 2.45 bits per heavy atom. The van der Waals surface area contributed by atoms with Crippen LogP contribution in [0.5, 0.6) is 0 Å². The fraction of sp³-hybridized carbons (Fsp3) is 0.333. The number of benzene rings is 2. The summed E-state index contributed by atoms with van der Waals surface area (Å²) in [6, 6.07) is 17.1. The molecule has 0 unspecified atom stereocenters. The Bertz CT molecular complexity index is 1170. The molecule has 8 nitrogen and oxygen atoms in total. The number of aromatic nitrogens is 2. The number of hydrogen-bond donors (Lipinski definition) is 1. The zero-order valence-corrected chi connectivity index (χ0v) is 19.2. The van der Waals surface area contributed by atoms with Crippen molar-refractivity contribution >= 4 is 15.9 Å². The Morgan fingerprint density at radius 1 is 1.00 bits per heavy atom. The van der Waals surface area contributed by atoms with E-state index < -0.39 is 10.0 Å². The zero-order chi connectivity index (χ0) is 23.1. The van der Waals surface area contributed by atoms with Gasteiger partial charge in [-0.1, -0.05) is 42.5 Å². The fourth-order valence-electron chi connectivity index (χ4n) is 3.73. The van der Waals surface area contributed by atoms with Crippen LogP contribution in [0.1, 0.15) is 23.1 Å². The van der Waals surface area contributed by atoms with Gasteiger partial charge >= 0.3 is 0 Å². The molecule has 1 N–H and O–H groups in total. The van der Waals surface area contributed by atoms with Gasteiger partial charge in [-0.05, 0) is 35.2 Å². The van der Waals surface area contributed by atoms with E-state index >= 15 is 0 Å². The van der Waals surface area contributed by atoms with E-state index in [1.54, 1.807) is 16.9 Å². The topological polar surface area (TPSA) is 93.5 Å². The molecule has 0 aliphatic carbocycles. The number of morpholine rings is 1. The summed E-state index contributed by atoms with van der Waals surface area (Å²) >= 11 is 0. The molecule has 174 valence electrons. The van der Waals surface area contributed by atoms with E-state index in [1.807, 2.05) is 54.7 Å². The lowest BCUT2D eigenvalue weighted by Crippen LogP contribution is -2.41. The van der Waals surface area contributed by atoms with Gasteiger partial charge in [0.25, 0.3) is 0 Å². The first-order valence-corrected chi connectivity index (χ1v) is 12.6. The van der Waals surface area contributed by atoms with Crippen LogP contribution in [0.2, 0.25) is 0 Å². The minimum atomic E-state index is -3.43. The van der Waals surface area contributed by atoms with E-state index in [2.05, 4.69) is 10.4 Å². The van der Waals surface area contributed by atoms with Crippen LogP contribution in [0.4, 0.5) is 0 Å². The lowest BCUT2D eigenvalue weighted by molar-refractivity contribution is -0.121. The average molecular weight is 469 g/mol. The number of carbonyl (C=O) groups is 1. The van der Waals surface area contributed by atoms with Gasteiger partial charge in [0.2, 0.25) is 15.9 Å². The number of amides is 1. The molecule has 1 aliphatic heterocycles. The molecule has 2 heterocycles. The van der Waals surface area contributed by atoms with Gasteiger partial charge in [-0.25, -0.2) is 13.1 Å². The molecule has 0 spiro atoms. The maximum atomic E-state index is 12.8. The molecule has 1 fully saturated rings. The van der Waals surface area contributed by atoms with Crippen molar-refractivity contribution in [2.75, 3.05) is 26.3 Å². The van der Waals surface area contributed by atoms with Gasteiger partial charge in [0.15, 0.2) is 0 Å². The van der Waals surface area contributed by atoms with E-state index in [0.717, 1.165) is 16.8 Å². The second-order valence-corrected chi connectivity index (χ2v) is 9.91. The predicted octanol–water partition coefficient (Wildman–Crippen LogP) is 2.28. The van der Waals surface area contributed by atoms with Crippen molar-refractivity contribution in [2.45, 2.75) is 25.1 Å². The van der Waals surface area contributed by atoms with Crippen LogP contribution in [0.15, 0.2) is 67.0 Å². The van der Waals surface area contributed by atoms with Crippen LogP contribution < -0.4 is 5.32 Å². The van der Waals surface area contributed by atoms with Crippen LogP contribution in [0, 0.1) is 0 Å². The highest BCUT2D eigenvalue weighted by Crippen LogP contribution is 2.17. The molecular formula is C24H28N4O4S. The molecule has 0 saturated carbocycles. The molecule has 0 bridgehead atoms. The summed E-state index contributed by atoms with van der Waals surface area (Å²) in [5, 5.41) is 7.28. The number of para-hydroxylation sites is 1. The van der Waals surface area contributed by atoms with Gasteiger partial charge in [-0.15, -0.1) is 0 Å². The van der Waals surface area contributed by atoms with Gasteiger partial charge in [0.1, 0.15) is 0 Å². The van der Waals surface area contributed by atoms with Gasteiger partial charge in [0, 0.05) is 32.3 Å². The standard InChI is InChI=1S/C24H28N4O4S/c29-24(11-10-20-16-26-28(18-20)23-8-2-1-3-9-23)25-17-21-6-4-5-7-22(21)19-33(30,31)27-12-14-32-15-13-27/h1-9,16,18H,10-15,17,19H2,(H,25,29). The van der Waals surface area contributed by atoms with Crippen molar-refractivity contribution < 1.29 is 17.9 Å². The van der Waals surface area contributed by atoms with Crippen LogP contribution in [0.25, 0.3) is 5.69 Å². The van der Waals surface area contributed by atoms with Crippen molar-refractivity contribution in [2.24, 2.45) is 0 Å². The normalized spacial score (nSPS) is 14.8. The minimum Gasteiger partial charge on any atom is -0.379 e. The van der Waals surface area contributed by atoms with Gasteiger partial charge in [-0.2, -0.15) is 9.40 Å². The van der Waals surface area contributed by atoms with Crippen molar-refractivity contribution in [3.63, 3.8) is 0 Å². The Balaban J connectivity index is 1.30. The number of hydrogen-bond acceptors (Lipinski definition) is 5. The monoisotopic (exact) mass is 468 g/mol. The molecule has 2 aromatic carbocycles. The number of sulfonamides is 1. The molecular weight excluding hydrogens is 440 g/mol. The van der Waals surface area contributed by atoms with Crippen LogP contribution in [-0.4, -0.2) is 54.7 Å². The van der Waals surface area contributed by atoms with E-state index in [1.165, 1.54) is 4.31 Å². The fourth-order valence-corrected chi connectivity index (χ4v) is 5.30. The van der Waals surface area contributed by atoms with Crippen LogP contribution >= 0.6 is 0 Å². The molecule has 1 aliphatic rings. The molecule has 0 radical (unpaired) electrons. The van der Waals surface area contributed by atoms with Crippen LogP contribution in [0.3, 0.4) is 0 Å². The molecule has 1 saturated heterocycles. The Hall–Kier alpha value is -3.01. The lowest BCUT2D eigenvalue weighted by Gasteiger charge is -2.26. The smallest absolute Gasteiger partial charge is 0.220 e. The molecule has 9 heteroatoms. The molecule has 0 atom stereocenters. The summed E-state index contributed by atoms with van der Waals surface area (Å²) in [6.45, 7) is 1.88. The Morgan fingerprint density at radius 2 is 1.70 bits per heavy atom. The highest BCUT2D eigenvalue weighted by atomic mass is 32.2. The van der Waals surface area contributed by atoms with E-state index in [4.69, 9.17) is 4.74 Å². The summed E-state index contributed by atoms with van der Waals surface area (Å²) in [5.41, 5.74) is 3.45. The van der Waals surface area contributed by atoms with E-state index in [-0.39, 0.29) is 18.2 Å². The van der Waals surface area contributed by atoms with Gasteiger partial charge < -0.3 is 10.1 Å². The van der Waals surface area contributed by atoms with E-state index in [9.17, 15) is 13.2 Å². The van der Waals surface area contributed by atoms with Crippen molar-refractivity contribution in [3.8, 4) is 5.69 Å². The van der Waals surface area contributed by atoms with E-state index in [0.29, 0.717) is 44.7 Å². The number of aryl methyl sites for hydroxylation is 1. The lowest BCUT2D eigenvalue weighted by atomic mass is 10.1. The summed E-state index contributed by atoms with van der Waals surface area (Å²) in [7, 11) is -3.43. The number of nitrogens with one attached hydrogen (secondary N) is 1. The SMILES string of the molecule is O=C(CCc1cnn(-c2ccccc2)c1)NCc1ccccc1CS(=O)(=O)N1CCOCC1. The second-order valence-electron chi connectivity index (χ2n) is 7.94. The first kappa shape index (κ1) is 23.2. The number of rotatable bonds is 9. The first-order valence-electron chi connectivity index (χ1n) is 11.0. The molecule has 1 amide bonds. The highest BCUT2D eigenvalue weighted by molar-refractivity contribution is 7.88. The summed E-state index contributed by atoms with van der Waals surface area (Å²) < 4.78 is 34.1. The third-order valence-corrected chi connectivity index (χ3v) is 7.42. The van der Waals surface area contributed by atoms with Crippen LogP contribution in [-0.2, 0) is 38.3 Å². The average Bonchev–Trinajstić information content (AvgIpc) is 3.32. The number of nitrogens with zero attached hydrogens (tertiary/aromatic N) is 3. The Labute approximate surface area is 194 Å². The molecule has 33 heavy (non-hydrogen) atoms. The zero-order valence-electron chi connectivity index (χ0n) is 18.4. The molecule has 4 rings (SSSR count).